The van der Waals surface area contributed by atoms with Crippen LogP contribution in [0.4, 0.5) is 0 Å². The van der Waals surface area contributed by atoms with Gasteiger partial charge in [-0.25, -0.2) is 13.1 Å². The molecule has 2 aromatic carbocycles. The maximum Gasteiger partial charge on any atom is 0.211 e. The molecule has 0 spiro atoms. The van der Waals surface area contributed by atoms with Crippen LogP contribution in [-0.2, 0) is 10.0 Å². The first kappa shape index (κ1) is 21.6. The smallest absolute Gasteiger partial charge is 0.211 e. The molecule has 2 fully saturated rings. The summed E-state index contributed by atoms with van der Waals surface area (Å²) in [6.45, 7) is 3.19. The average Bonchev–Trinajstić information content (AvgIpc) is 3.19. The minimum Gasteiger partial charge on any atom is -0.298 e. The topological polar surface area (TPSA) is 58.4 Å². The highest BCUT2D eigenvalue weighted by atomic mass is 35.5. The van der Waals surface area contributed by atoms with E-state index in [1.54, 1.807) is 4.31 Å². The number of rotatable bonds is 5. The van der Waals surface area contributed by atoms with Crippen LogP contribution in [0.2, 0.25) is 5.02 Å². The number of piperidine rings is 1. The van der Waals surface area contributed by atoms with Gasteiger partial charge in [-0.1, -0.05) is 41.9 Å². The summed E-state index contributed by atoms with van der Waals surface area (Å²) in [6.07, 6.45) is 3.36. The van der Waals surface area contributed by atoms with E-state index in [0.717, 1.165) is 42.9 Å². The molecule has 2 aliphatic heterocycles. The van der Waals surface area contributed by atoms with E-state index < -0.39 is 10.0 Å². The van der Waals surface area contributed by atoms with Crippen molar-refractivity contribution >= 4 is 21.6 Å². The van der Waals surface area contributed by atoms with Gasteiger partial charge in [0.2, 0.25) is 10.0 Å². The first-order valence-corrected chi connectivity index (χ1v) is 13.2. The van der Waals surface area contributed by atoms with Crippen molar-refractivity contribution in [2.24, 2.45) is 0 Å². The lowest BCUT2D eigenvalue weighted by molar-refractivity contribution is 0.0662. The van der Waals surface area contributed by atoms with Crippen molar-refractivity contribution in [3.8, 4) is 16.9 Å². The maximum absolute atomic E-state index is 11.7. The van der Waals surface area contributed by atoms with Gasteiger partial charge in [-0.05, 0) is 56.3 Å². The van der Waals surface area contributed by atoms with Crippen LogP contribution < -0.4 is 0 Å². The molecule has 0 saturated carbocycles. The summed E-state index contributed by atoms with van der Waals surface area (Å²) in [4.78, 5) is 2.45. The Bertz CT molecular complexity index is 1180. The van der Waals surface area contributed by atoms with E-state index in [2.05, 4.69) is 27.8 Å². The molecule has 2 aliphatic rings. The van der Waals surface area contributed by atoms with Crippen molar-refractivity contribution in [3.05, 3.63) is 71.4 Å². The van der Waals surface area contributed by atoms with Gasteiger partial charge in [0.25, 0.3) is 0 Å². The van der Waals surface area contributed by atoms with E-state index in [4.69, 9.17) is 16.7 Å². The lowest BCUT2D eigenvalue weighted by Gasteiger charge is -2.46. The lowest BCUT2D eigenvalue weighted by atomic mass is 9.91. The van der Waals surface area contributed by atoms with Gasteiger partial charge in [-0.2, -0.15) is 9.40 Å². The Kier molecular flexibility index (Phi) is 5.84. The molecular weight excluding hydrogens is 444 g/mol. The maximum atomic E-state index is 11.7. The van der Waals surface area contributed by atoms with E-state index in [0.29, 0.717) is 30.1 Å². The van der Waals surface area contributed by atoms with Crippen LogP contribution in [0, 0.1) is 0 Å². The Balaban J connectivity index is 1.36. The molecule has 0 aliphatic carbocycles. The molecule has 0 bridgehead atoms. The predicted octanol–water partition coefficient (Wildman–Crippen LogP) is 4.02. The monoisotopic (exact) mass is 470 g/mol. The van der Waals surface area contributed by atoms with E-state index in [9.17, 15) is 8.42 Å². The Labute approximate surface area is 194 Å². The number of hydrogen-bond donors (Lipinski definition) is 0. The van der Waals surface area contributed by atoms with Gasteiger partial charge in [0, 0.05) is 41.3 Å². The number of sulfonamides is 1. The summed E-state index contributed by atoms with van der Waals surface area (Å²) in [6, 6.07) is 20.6. The highest BCUT2D eigenvalue weighted by Gasteiger charge is 2.38. The number of hydrogen-bond acceptors (Lipinski definition) is 4. The predicted molar refractivity (Wildman–Crippen MR) is 128 cm³/mol. The molecule has 0 amide bonds. The zero-order chi connectivity index (χ0) is 22.3. The Morgan fingerprint density at radius 2 is 1.62 bits per heavy atom. The number of aromatic nitrogens is 2. The van der Waals surface area contributed by atoms with Gasteiger partial charge >= 0.3 is 0 Å². The molecule has 3 aromatic rings. The third-order valence-corrected chi connectivity index (χ3v) is 8.13. The van der Waals surface area contributed by atoms with Gasteiger partial charge in [0.05, 0.1) is 17.6 Å². The average molecular weight is 471 g/mol. The van der Waals surface area contributed by atoms with Gasteiger partial charge in [0.15, 0.2) is 0 Å². The summed E-state index contributed by atoms with van der Waals surface area (Å²) in [5.74, 6) is 0.408. The summed E-state index contributed by atoms with van der Waals surface area (Å²) >= 11 is 6.08. The lowest BCUT2D eigenvalue weighted by Crippen LogP contribution is -2.61. The Morgan fingerprint density at radius 1 is 0.969 bits per heavy atom. The van der Waals surface area contributed by atoms with Crippen LogP contribution in [0.5, 0.6) is 0 Å². The van der Waals surface area contributed by atoms with Crippen molar-refractivity contribution in [1.82, 2.24) is 19.0 Å². The molecule has 0 radical (unpaired) electrons. The molecule has 2 saturated heterocycles. The molecule has 5 rings (SSSR count). The van der Waals surface area contributed by atoms with E-state index in [1.807, 2.05) is 42.5 Å². The van der Waals surface area contributed by atoms with Crippen molar-refractivity contribution < 1.29 is 8.42 Å². The number of nitrogens with zero attached hydrogens (tertiary/aromatic N) is 4. The minimum atomic E-state index is -3.07. The van der Waals surface area contributed by atoms with Crippen LogP contribution in [0.15, 0.2) is 60.7 Å². The highest BCUT2D eigenvalue weighted by Crippen LogP contribution is 2.34. The summed E-state index contributed by atoms with van der Waals surface area (Å²) in [5.41, 5.74) is 4.30. The minimum absolute atomic E-state index is 0.342. The van der Waals surface area contributed by atoms with Crippen LogP contribution in [-0.4, -0.2) is 65.9 Å². The molecule has 1 aromatic heterocycles. The third-order valence-electron chi connectivity index (χ3n) is 6.64. The van der Waals surface area contributed by atoms with Crippen molar-refractivity contribution in [2.75, 3.05) is 32.4 Å². The zero-order valence-electron chi connectivity index (χ0n) is 18.1. The highest BCUT2D eigenvalue weighted by molar-refractivity contribution is 7.88. The fraction of sp³-hybridized carbons (Fsp3) is 0.375. The number of likely N-dealkylation sites (tertiary alicyclic amines) is 1. The Morgan fingerprint density at radius 3 is 2.25 bits per heavy atom. The van der Waals surface area contributed by atoms with E-state index in [1.165, 1.54) is 11.9 Å². The van der Waals surface area contributed by atoms with Crippen LogP contribution in [0.3, 0.4) is 0 Å². The standard InChI is InChI=1S/C24H27ClN4O2S/c1-32(30,31)28-16-22(17-28)27-13-11-19(12-14-27)24-15-23(18-7-9-20(25)10-8-18)26-29(24)21-5-3-2-4-6-21/h2-10,15,19,22H,11-14,16-17H2,1H3. The van der Waals surface area contributed by atoms with Gasteiger partial charge in [-0.3, -0.25) is 4.90 Å². The SMILES string of the molecule is CS(=O)(=O)N1CC(N2CCC(c3cc(-c4ccc(Cl)cc4)nn3-c3ccccc3)CC2)C1. The summed E-state index contributed by atoms with van der Waals surface area (Å²) in [7, 11) is -3.07. The third kappa shape index (κ3) is 4.35. The second kappa shape index (κ2) is 8.63. The fourth-order valence-electron chi connectivity index (χ4n) is 4.70. The molecular formula is C24H27ClN4O2S. The molecule has 32 heavy (non-hydrogen) atoms. The Hall–Kier alpha value is -2.19. The number of benzene rings is 2. The second-order valence-corrected chi connectivity index (χ2v) is 11.2. The molecule has 3 heterocycles. The molecule has 6 nitrogen and oxygen atoms in total. The normalized spacial score (nSPS) is 19.2. The molecule has 168 valence electrons. The van der Waals surface area contributed by atoms with E-state index in [-0.39, 0.29) is 0 Å². The second-order valence-electron chi connectivity index (χ2n) is 8.75. The first-order chi connectivity index (χ1) is 15.4. The molecule has 0 N–H and O–H groups in total. The molecule has 0 unspecified atom stereocenters. The quantitative estimate of drug-likeness (QED) is 0.565. The van der Waals surface area contributed by atoms with Crippen LogP contribution >= 0.6 is 11.6 Å². The zero-order valence-corrected chi connectivity index (χ0v) is 19.6. The van der Waals surface area contributed by atoms with Gasteiger partial charge < -0.3 is 0 Å². The van der Waals surface area contributed by atoms with Gasteiger partial charge in [-0.15, -0.1) is 0 Å². The van der Waals surface area contributed by atoms with Crippen molar-refractivity contribution in [2.45, 2.75) is 24.8 Å². The number of para-hydroxylation sites is 1. The summed E-state index contributed by atoms with van der Waals surface area (Å²) in [5, 5.41) is 5.68. The van der Waals surface area contributed by atoms with Crippen molar-refractivity contribution in [3.63, 3.8) is 0 Å². The largest absolute Gasteiger partial charge is 0.298 e. The van der Waals surface area contributed by atoms with Crippen LogP contribution in [0.1, 0.15) is 24.5 Å². The summed E-state index contributed by atoms with van der Waals surface area (Å²) < 4.78 is 27.0. The first-order valence-electron chi connectivity index (χ1n) is 11.0. The molecule has 8 heteroatoms. The van der Waals surface area contributed by atoms with Crippen LogP contribution in [0.25, 0.3) is 16.9 Å². The van der Waals surface area contributed by atoms with Gasteiger partial charge in [0.1, 0.15) is 0 Å². The molecule has 0 atom stereocenters. The fourth-order valence-corrected chi connectivity index (χ4v) is 5.71. The number of halogens is 1. The van der Waals surface area contributed by atoms with Crippen molar-refractivity contribution in [1.29, 1.82) is 0 Å². The van der Waals surface area contributed by atoms with E-state index >= 15 is 0 Å².